The molecule has 9 nitrogen and oxygen atoms in total. The molecule has 1 aromatic carbocycles. The van der Waals surface area contributed by atoms with Gasteiger partial charge in [0.2, 0.25) is 5.95 Å². The van der Waals surface area contributed by atoms with Gasteiger partial charge in [0.1, 0.15) is 5.82 Å². The summed E-state index contributed by atoms with van der Waals surface area (Å²) in [5.74, 6) is 0.891. The van der Waals surface area contributed by atoms with E-state index in [1.807, 2.05) is 24.3 Å². The van der Waals surface area contributed by atoms with E-state index >= 15 is 0 Å². The van der Waals surface area contributed by atoms with Crippen LogP contribution in [0.5, 0.6) is 0 Å². The first kappa shape index (κ1) is 18.1. The summed E-state index contributed by atoms with van der Waals surface area (Å²) in [6.07, 6.45) is 9.74. The SMILES string of the molecule is NC1CCCCC1Nc1ncc(C=O)c(Nc2cccc(-n3nccn3)c2)n1. The molecule has 1 fully saturated rings. The van der Waals surface area contributed by atoms with Crippen molar-refractivity contribution < 1.29 is 4.79 Å². The van der Waals surface area contributed by atoms with Crippen LogP contribution in [0.15, 0.2) is 42.9 Å². The number of aromatic nitrogens is 5. The minimum absolute atomic E-state index is 0.0813. The van der Waals surface area contributed by atoms with Crippen LogP contribution in [-0.2, 0) is 0 Å². The molecule has 2 atom stereocenters. The minimum atomic E-state index is 0.0813. The monoisotopic (exact) mass is 378 g/mol. The number of aldehydes is 1. The highest BCUT2D eigenvalue weighted by molar-refractivity contribution is 5.84. The topological polar surface area (TPSA) is 124 Å². The van der Waals surface area contributed by atoms with E-state index in [0.717, 1.165) is 43.3 Å². The number of hydrogen-bond acceptors (Lipinski definition) is 8. The van der Waals surface area contributed by atoms with Crippen molar-refractivity contribution in [3.8, 4) is 5.69 Å². The Kier molecular flexibility index (Phi) is 5.24. The first-order chi connectivity index (χ1) is 13.7. The van der Waals surface area contributed by atoms with Crippen molar-refractivity contribution in [1.82, 2.24) is 25.0 Å². The van der Waals surface area contributed by atoms with E-state index in [2.05, 4.69) is 30.8 Å². The second-order valence-corrected chi connectivity index (χ2v) is 6.81. The standard InChI is InChI=1S/C19H22N8O/c20-16-6-1-2-7-17(16)25-19-21-11-13(12-28)18(26-19)24-14-4-3-5-15(10-14)27-22-8-9-23-27/h3-5,8-12,16-17H,1-2,6-7,20H2,(H2,21,24,25,26). The molecule has 3 aromatic rings. The third kappa shape index (κ3) is 3.99. The molecule has 4 rings (SSSR count). The van der Waals surface area contributed by atoms with Gasteiger partial charge in [-0.05, 0) is 31.0 Å². The summed E-state index contributed by atoms with van der Waals surface area (Å²) < 4.78 is 0. The van der Waals surface area contributed by atoms with Gasteiger partial charge in [-0.1, -0.05) is 18.9 Å². The summed E-state index contributed by atoms with van der Waals surface area (Å²) in [5, 5.41) is 14.8. The number of benzene rings is 1. The fourth-order valence-electron chi connectivity index (χ4n) is 3.35. The molecule has 0 spiro atoms. The zero-order valence-corrected chi connectivity index (χ0v) is 15.3. The number of anilines is 3. The van der Waals surface area contributed by atoms with Gasteiger partial charge in [-0.25, -0.2) is 4.98 Å². The summed E-state index contributed by atoms with van der Waals surface area (Å²) in [5.41, 5.74) is 8.14. The molecule has 0 bridgehead atoms. The molecular weight excluding hydrogens is 356 g/mol. The third-order valence-corrected chi connectivity index (χ3v) is 4.84. The summed E-state index contributed by atoms with van der Waals surface area (Å²) in [6.45, 7) is 0. The molecule has 9 heteroatoms. The fraction of sp³-hybridized carbons (Fsp3) is 0.316. The van der Waals surface area contributed by atoms with E-state index in [4.69, 9.17) is 5.73 Å². The predicted octanol–water partition coefficient (Wildman–Crippen LogP) is 2.30. The molecule has 4 N–H and O–H groups in total. The maximum absolute atomic E-state index is 11.4. The number of nitrogens with zero attached hydrogens (tertiary/aromatic N) is 5. The third-order valence-electron chi connectivity index (χ3n) is 4.84. The summed E-state index contributed by atoms with van der Waals surface area (Å²) in [7, 11) is 0. The van der Waals surface area contributed by atoms with E-state index < -0.39 is 0 Å². The number of rotatable bonds is 6. The van der Waals surface area contributed by atoms with Gasteiger partial charge < -0.3 is 16.4 Å². The second-order valence-electron chi connectivity index (χ2n) is 6.81. The molecule has 1 aliphatic rings. The van der Waals surface area contributed by atoms with Crippen molar-refractivity contribution in [2.24, 2.45) is 5.73 Å². The van der Waals surface area contributed by atoms with Gasteiger partial charge in [0.25, 0.3) is 0 Å². The van der Waals surface area contributed by atoms with Crippen molar-refractivity contribution in [3.05, 3.63) is 48.4 Å². The van der Waals surface area contributed by atoms with Gasteiger partial charge >= 0.3 is 0 Å². The fourth-order valence-corrected chi connectivity index (χ4v) is 3.35. The lowest BCUT2D eigenvalue weighted by Gasteiger charge is -2.29. The van der Waals surface area contributed by atoms with Gasteiger partial charge in [-0.2, -0.15) is 20.0 Å². The van der Waals surface area contributed by atoms with E-state index in [1.165, 1.54) is 11.0 Å². The first-order valence-electron chi connectivity index (χ1n) is 9.31. The van der Waals surface area contributed by atoms with Gasteiger partial charge in [0, 0.05) is 24.0 Å². The molecule has 0 saturated heterocycles. The first-order valence-corrected chi connectivity index (χ1v) is 9.31. The highest BCUT2D eigenvalue weighted by atomic mass is 16.1. The number of nitrogens with one attached hydrogen (secondary N) is 2. The molecule has 0 amide bonds. The maximum Gasteiger partial charge on any atom is 0.224 e. The summed E-state index contributed by atoms with van der Waals surface area (Å²) in [6, 6.07) is 7.75. The zero-order chi connectivity index (χ0) is 19.3. The van der Waals surface area contributed by atoms with Crippen molar-refractivity contribution in [3.63, 3.8) is 0 Å². The molecular formula is C19H22N8O. The Morgan fingerprint density at radius 3 is 2.79 bits per heavy atom. The average molecular weight is 378 g/mol. The Balaban J connectivity index is 1.56. The van der Waals surface area contributed by atoms with Crippen LogP contribution in [0.1, 0.15) is 36.0 Å². The molecule has 2 aromatic heterocycles. The van der Waals surface area contributed by atoms with Crippen LogP contribution in [0.3, 0.4) is 0 Å². The lowest BCUT2D eigenvalue weighted by molar-refractivity contribution is 0.112. The normalized spacial score (nSPS) is 19.2. The van der Waals surface area contributed by atoms with Crippen LogP contribution in [-0.4, -0.2) is 43.3 Å². The Morgan fingerprint density at radius 2 is 2.00 bits per heavy atom. The highest BCUT2D eigenvalue weighted by Gasteiger charge is 2.22. The summed E-state index contributed by atoms with van der Waals surface area (Å²) in [4.78, 5) is 21.7. The molecule has 0 aliphatic heterocycles. The van der Waals surface area contributed by atoms with E-state index in [1.54, 1.807) is 12.4 Å². The zero-order valence-electron chi connectivity index (χ0n) is 15.3. The Morgan fingerprint density at radius 1 is 1.18 bits per heavy atom. The van der Waals surface area contributed by atoms with Crippen molar-refractivity contribution in [1.29, 1.82) is 0 Å². The van der Waals surface area contributed by atoms with Crippen LogP contribution < -0.4 is 16.4 Å². The largest absolute Gasteiger partial charge is 0.350 e. The van der Waals surface area contributed by atoms with E-state index in [-0.39, 0.29) is 12.1 Å². The molecule has 144 valence electrons. The van der Waals surface area contributed by atoms with Crippen LogP contribution in [0.4, 0.5) is 17.5 Å². The molecule has 1 aliphatic carbocycles. The van der Waals surface area contributed by atoms with Gasteiger partial charge in [0.05, 0.1) is 23.6 Å². The molecule has 2 unspecified atom stereocenters. The number of hydrogen-bond donors (Lipinski definition) is 3. The molecule has 1 saturated carbocycles. The van der Waals surface area contributed by atoms with Crippen LogP contribution in [0.25, 0.3) is 5.69 Å². The maximum atomic E-state index is 11.4. The second kappa shape index (κ2) is 8.13. The highest BCUT2D eigenvalue weighted by Crippen LogP contribution is 2.23. The van der Waals surface area contributed by atoms with Crippen molar-refractivity contribution >= 4 is 23.7 Å². The Hall–Kier alpha value is -3.33. The molecule has 28 heavy (non-hydrogen) atoms. The Bertz CT molecular complexity index is 943. The number of carbonyl (C=O) groups is 1. The quantitative estimate of drug-likeness (QED) is 0.558. The van der Waals surface area contributed by atoms with Crippen LogP contribution in [0, 0.1) is 0 Å². The molecule has 2 heterocycles. The number of carbonyl (C=O) groups excluding carboxylic acids is 1. The van der Waals surface area contributed by atoms with Gasteiger partial charge in [-0.15, -0.1) is 0 Å². The van der Waals surface area contributed by atoms with Crippen LogP contribution >= 0.6 is 0 Å². The molecule has 0 radical (unpaired) electrons. The lowest BCUT2D eigenvalue weighted by Crippen LogP contribution is -2.43. The summed E-state index contributed by atoms with van der Waals surface area (Å²) >= 11 is 0. The van der Waals surface area contributed by atoms with Crippen LogP contribution in [0.2, 0.25) is 0 Å². The van der Waals surface area contributed by atoms with E-state index in [9.17, 15) is 4.79 Å². The average Bonchev–Trinajstić information content (AvgIpc) is 3.25. The van der Waals surface area contributed by atoms with Gasteiger partial charge in [0.15, 0.2) is 6.29 Å². The predicted molar refractivity (Wildman–Crippen MR) is 106 cm³/mol. The Labute approximate surface area is 162 Å². The van der Waals surface area contributed by atoms with Crippen molar-refractivity contribution in [2.45, 2.75) is 37.8 Å². The minimum Gasteiger partial charge on any atom is -0.350 e. The van der Waals surface area contributed by atoms with Gasteiger partial charge in [-0.3, -0.25) is 4.79 Å². The number of nitrogens with two attached hydrogens (primary N) is 1. The smallest absolute Gasteiger partial charge is 0.224 e. The lowest BCUT2D eigenvalue weighted by atomic mass is 9.91. The van der Waals surface area contributed by atoms with E-state index in [0.29, 0.717) is 17.3 Å². The van der Waals surface area contributed by atoms with Crippen molar-refractivity contribution in [2.75, 3.05) is 10.6 Å².